The van der Waals surface area contributed by atoms with Crippen molar-refractivity contribution in [3.05, 3.63) is 0 Å². The van der Waals surface area contributed by atoms with Gasteiger partial charge in [0, 0.05) is 6.54 Å². The minimum Gasteiger partial charge on any atom is -0.460 e. The van der Waals surface area contributed by atoms with Crippen molar-refractivity contribution in [3.63, 3.8) is 0 Å². The lowest BCUT2D eigenvalue weighted by Crippen LogP contribution is -2.34. The normalized spacial score (nSPS) is 14.1. The maximum absolute atomic E-state index is 11.6. The Kier molecular flexibility index (Phi) is 5.88. The van der Waals surface area contributed by atoms with Gasteiger partial charge in [-0.1, -0.05) is 20.8 Å². The molecule has 0 aromatic heterocycles. The van der Waals surface area contributed by atoms with Crippen LogP contribution in [0.25, 0.3) is 0 Å². The van der Waals surface area contributed by atoms with Crippen LogP contribution in [0.1, 0.15) is 41.5 Å². The summed E-state index contributed by atoms with van der Waals surface area (Å²) in [5, 5.41) is 3.25. The lowest BCUT2D eigenvalue weighted by molar-refractivity contribution is -0.159. The summed E-state index contributed by atoms with van der Waals surface area (Å²) in [4.78, 5) is 11.6. The smallest absolute Gasteiger partial charge is 0.310 e. The van der Waals surface area contributed by atoms with Crippen LogP contribution in [-0.2, 0) is 9.53 Å². The number of nitrogens with one attached hydrogen (secondary N) is 1. The molecule has 0 heterocycles. The van der Waals surface area contributed by atoms with E-state index in [0.717, 1.165) is 6.54 Å². The van der Waals surface area contributed by atoms with Gasteiger partial charge < -0.3 is 10.1 Å². The molecule has 90 valence electrons. The van der Waals surface area contributed by atoms with Crippen LogP contribution in [0.5, 0.6) is 0 Å². The Morgan fingerprint density at radius 3 is 2.13 bits per heavy atom. The number of ether oxygens (including phenoxy) is 1. The number of carbonyl (C=O) groups is 1. The highest BCUT2D eigenvalue weighted by Crippen LogP contribution is 2.10. The van der Waals surface area contributed by atoms with Crippen molar-refractivity contribution in [2.45, 2.75) is 47.1 Å². The van der Waals surface area contributed by atoms with E-state index >= 15 is 0 Å². The van der Waals surface area contributed by atoms with E-state index in [0.29, 0.717) is 12.5 Å². The molecule has 3 nitrogen and oxygen atoms in total. The van der Waals surface area contributed by atoms with Gasteiger partial charge >= 0.3 is 5.97 Å². The molecule has 1 N–H and O–H groups in total. The number of carbonyl (C=O) groups excluding carboxylic acids is 1. The van der Waals surface area contributed by atoms with E-state index in [-0.39, 0.29) is 17.5 Å². The molecule has 0 aliphatic carbocycles. The molecule has 0 rings (SSSR count). The molecule has 0 aliphatic heterocycles. The van der Waals surface area contributed by atoms with Gasteiger partial charge in [0.05, 0.1) is 5.92 Å². The summed E-state index contributed by atoms with van der Waals surface area (Å²) in [7, 11) is 0. The first kappa shape index (κ1) is 14.4. The molecule has 0 aliphatic rings. The van der Waals surface area contributed by atoms with Crippen LogP contribution in [0.3, 0.4) is 0 Å². The van der Waals surface area contributed by atoms with E-state index in [1.54, 1.807) is 0 Å². The van der Waals surface area contributed by atoms with Crippen molar-refractivity contribution in [2.75, 3.05) is 13.1 Å². The second-order valence-electron chi connectivity index (χ2n) is 5.49. The lowest BCUT2D eigenvalue weighted by atomic mass is 10.1. The third-order valence-electron chi connectivity index (χ3n) is 1.81. The molecular weight excluding hydrogens is 190 g/mol. The fourth-order valence-electron chi connectivity index (χ4n) is 1.07. The van der Waals surface area contributed by atoms with Crippen molar-refractivity contribution < 1.29 is 9.53 Å². The van der Waals surface area contributed by atoms with Crippen LogP contribution < -0.4 is 5.32 Å². The van der Waals surface area contributed by atoms with Gasteiger partial charge in [0.15, 0.2) is 0 Å². The predicted octanol–water partition coefficient (Wildman–Crippen LogP) is 2.21. The first-order valence-corrected chi connectivity index (χ1v) is 5.66. The summed E-state index contributed by atoms with van der Waals surface area (Å²) >= 11 is 0. The highest BCUT2D eigenvalue weighted by atomic mass is 16.6. The zero-order valence-corrected chi connectivity index (χ0v) is 10.9. The summed E-state index contributed by atoms with van der Waals surface area (Å²) in [5.74, 6) is 0.401. The molecule has 0 aromatic rings. The zero-order chi connectivity index (χ0) is 12.1. The zero-order valence-electron chi connectivity index (χ0n) is 10.9. The highest BCUT2D eigenvalue weighted by Gasteiger charge is 2.21. The van der Waals surface area contributed by atoms with Gasteiger partial charge in [0.2, 0.25) is 0 Å². The van der Waals surface area contributed by atoms with E-state index in [2.05, 4.69) is 19.2 Å². The Bertz CT molecular complexity index is 194. The van der Waals surface area contributed by atoms with E-state index in [9.17, 15) is 4.79 Å². The van der Waals surface area contributed by atoms with E-state index in [4.69, 9.17) is 4.74 Å². The van der Waals surface area contributed by atoms with Crippen LogP contribution in [-0.4, -0.2) is 24.7 Å². The average Bonchev–Trinajstić information content (AvgIpc) is 1.99. The first-order chi connectivity index (χ1) is 6.72. The van der Waals surface area contributed by atoms with Crippen LogP contribution in [0.2, 0.25) is 0 Å². The molecule has 0 unspecified atom stereocenters. The fraction of sp³-hybridized carbons (Fsp3) is 0.917. The Morgan fingerprint density at radius 1 is 1.20 bits per heavy atom. The molecule has 0 radical (unpaired) electrons. The number of esters is 1. The molecular formula is C12H25NO2. The van der Waals surface area contributed by atoms with Crippen LogP contribution >= 0.6 is 0 Å². The van der Waals surface area contributed by atoms with Gasteiger partial charge in [0.1, 0.15) is 5.60 Å². The maximum Gasteiger partial charge on any atom is 0.310 e. The Morgan fingerprint density at radius 2 is 1.73 bits per heavy atom. The molecule has 1 atom stereocenters. The second kappa shape index (κ2) is 6.11. The maximum atomic E-state index is 11.6. The van der Waals surface area contributed by atoms with Gasteiger partial charge in [-0.3, -0.25) is 4.79 Å². The fourth-order valence-corrected chi connectivity index (χ4v) is 1.07. The first-order valence-electron chi connectivity index (χ1n) is 5.66. The Labute approximate surface area is 93.6 Å². The van der Waals surface area contributed by atoms with Crippen molar-refractivity contribution in [1.82, 2.24) is 5.32 Å². The summed E-state index contributed by atoms with van der Waals surface area (Å²) in [6, 6.07) is 0. The largest absolute Gasteiger partial charge is 0.460 e. The minimum atomic E-state index is -0.386. The minimum absolute atomic E-state index is 0.0806. The number of hydrogen-bond acceptors (Lipinski definition) is 3. The monoisotopic (exact) mass is 215 g/mol. The van der Waals surface area contributed by atoms with Gasteiger partial charge in [-0.05, 0) is 33.2 Å². The molecule has 0 bridgehead atoms. The topological polar surface area (TPSA) is 38.3 Å². The molecule has 0 saturated carbocycles. The quantitative estimate of drug-likeness (QED) is 0.715. The van der Waals surface area contributed by atoms with Crippen molar-refractivity contribution in [2.24, 2.45) is 11.8 Å². The van der Waals surface area contributed by atoms with Gasteiger partial charge in [-0.2, -0.15) is 0 Å². The van der Waals surface area contributed by atoms with E-state index in [1.165, 1.54) is 0 Å². The molecule has 0 saturated heterocycles. The van der Waals surface area contributed by atoms with Crippen molar-refractivity contribution in [1.29, 1.82) is 0 Å². The molecule has 0 spiro atoms. The Balaban J connectivity index is 3.80. The number of rotatable bonds is 5. The van der Waals surface area contributed by atoms with E-state index < -0.39 is 0 Å². The Hall–Kier alpha value is -0.570. The molecule has 0 amide bonds. The second-order valence-corrected chi connectivity index (χ2v) is 5.49. The van der Waals surface area contributed by atoms with Crippen molar-refractivity contribution >= 4 is 5.97 Å². The summed E-state index contributed by atoms with van der Waals surface area (Å²) in [6.45, 7) is 13.5. The van der Waals surface area contributed by atoms with E-state index in [1.807, 2.05) is 27.7 Å². The standard InChI is InChI=1S/C12H25NO2/c1-9(2)7-13-8-10(3)11(14)15-12(4,5)6/h9-10,13H,7-8H2,1-6H3/t10-/m0/s1. The third kappa shape index (κ3) is 8.43. The summed E-state index contributed by atoms with van der Waals surface area (Å²) in [6.07, 6.45) is 0. The van der Waals surface area contributed by atoms with Gasteiger partial charge in [-0.25, -0.2) is 0 Å². The molecule has 0 fully saturated rings. The highest BCUT2D eigenvalue weighted by molar-refractivity contribution is 5.72. The summed E-state index contributed by atoms with van der Waals surface area (Å²) in [5.41, 5.74) is -0.386. The average molecular weight is 215 g/mol. The lowest BCUT2D eigenvalue weighted by Gasteiger charge is -2.22. The van der Waals surface area contributed by atoms with Crippen LogP contribution in [0.4, 0.5) is 0 Å². The molecule has 3 heteroatoms. The van der Waals surface area contributed by atoms with Gasteiger partial charge in [-0.15, -0.1) is 0 Å². The van der Waals surface area contributed by atoms with Crippen LogP contribution in [0.15, 0.2) is 0 Å². The predicted molar refractivity (Wildman–Crippen MR) is 62.7 cm³/mol. The van der Waals surface area contributed by atoms with Crippen LogP contribution in [0, 0.1) is 11.8 Å². The number of hydrogen-bond donors (Lipinski definition) is 1. The third-order valence-corrected chi connectivity index (χ3v) is 1.81. The summed E-state index contributed by atoms with van der Waals surface area (Å²) < 4.78 is 5.28. The SMILES string of the molecule is CC(C)CNC[C@H](C)C(=O)OC(C)(C)C. The molecule has 15 heavy (non-hydrogen) atoms. The van der Waals surface area contributed by atoms with Crippen molar-refractivity contribution in [3.8, 4) is 0 Å². The molecule has 0 aromatic carbocycles. The van der Waals surface area contributed by atoms with Gasteiger partial charge in [0.25, 0.3) is 0 Å².